The van der Waals surface area contributed by atoms with Crippen LogP contribution in [0, 0.1) is 17.1 Å². The number of aliphatic hydroxyl groups excluding tert-OH is 1. The minimum Gasteiger partial charge on any atom is -0.387 e. The molecule has 1 amide bonds. The lowest BCUT2D eigenvalue weighted by Crippen LogP contribution is -2.36. The van der Waals surface area contributed by atoms with Gasteiger partial charge >= 0.3 is 0 Å². The Balaban J connectivity index is 1.75. The molecule has 0 saturated heterocycles. The number of carbonyl (C=O) groups excluding carboxylic acids is 1. The molecule has 1 unspecified atom stereocenters. The SMILES string of the molecule is N#Cc1cc(C(=O)N(CC(O)c2ccc(F)cc2)C2CC2)c[nH]1. The van der Waals surface area contributed by atoms with Gasteiger partial charge in [0.1, 0.15) is 17.6 Å². The number of nitrogens with one attached hydrogen (secondary N) is 1. The third kappa shape index (κ3) is 3.41. The van der Waals surface area contributed by atoms with Crippen LogP contribution in [0.4, 0.5) is 4.39 Å². The largest absolute Gasteiger partial charge is 0.387 e. The topological polar surface area (TPSA) is 80.1 Å². The second-order valence-electron chi connectivity index (χ2n) is 5.67. The van der Waals surface area contributed by atoms with Crippen LogP contribution in [-0.2, 0) is 0 Å². The lowest BCUT2D eigenvalue weighted by molar-refractivity contribution is 0.0603. The van der Waals surface area contributed by atoms with Crippen LogP contribution < -0.4 is 0 Å². The first-order valence-corrected chi connectivity index (χ1v) is 7.41. The quantitative estimate of drug-likeness (QED) is 0.889. The molecule has 0 aliphatic heterocycles. The van der Waals surface area contributed by atoms with Gasteiger partial charge in [0.25, 0.3) is 5.91 Å². The van der Waals surface area contributed by atoms with E-state index in [4.69, 9.17) is 5.26 Å². The Morgan fingerprint density at radius 1 is 1.43 bits per heavy atom. The van der Waals surface area contributed by atoms with E-state index >= 15 is 0 Å². The van der Waals surface area contributed by atoms with Gasteiger partial charge < -0.3 is 15.0 Å². The molecule has 1 saturated carbocycles. The fourth-order valence-corrected chi connectivity index (χ4v) is 2.51. The number of H-pyrrole nitrogens is 1. The van der Waals surface area contributed by atoms with Crippen molar-refractivity contribution in [1.82, 2.24) is 9.88 Å². The van der Waals surface area contributed by atoms with E-state index in [0.717, 1.165) is 12.8 Å². The summed E-state index contributed by atoms with van der Waals surface area (Å²) in [5.74, 6) is -0.584. The number of aromatic nitrogens is 1. The fourth-order valence-electron chi connectivity index (χ4n) is 2.51. The van der Waals surface area contributed by atoms with Gasteiger partial charge in [-0.3, -0.25) is 4.79 Å². The van der Waals surface area contributed by atoms with Crippen molar-refractivity contribution in [2.24, 2.45) is 0 Å². The third-order valence-electron chi connectivity index (χ3n) is 3.92. The van der Waals surface area contributed by atoms with E-state index in [1.165, 1.54) is 36.5 Å². The van der Waals surface area contributed by atoms with Gasteiger partial charge in [-0.15, -0.1) is 0 Å². The Morgan fingerprint density at radius 3 is 2.70 bits per heavy atom. The summed E-state index contributed by atoms with van der Waals surface area (Å²) in [4.78, 5) is 17.0. The molecule has 5 nitrogen and oxygen atoms in total. The maximum Gasteiger partial charge on any atom is 0.255 e. The third-order valence-corrected chi connectivity index (χ3v) is 3.92. The van der Waals surface area contributed by atoms with Crippen molar-refractivity contribution in [3.05, 3.63) is 59.2 Å². The summed E-state index contributed by atoms with van der Waals surface area (Å²) in [6, 6.07) is 9.15. The first-order chi connectivity index (χ1) is 11.1. The van der Waals surface area contributed by atoms with Gasteiger partial charge in [0.05, 0.1) is 18.2 Å². The molecule has 0 radical (unpaired) electrons. The maximum absolute atomic E-state index is 13.0. The Kier molecular flexibility index (Phi) is 4.13. The first-order valence-electron chi connectivity index (χ1n) is 7.41. The van der Waals surface area contributed by atoms with Crippen LogP contribution in [0.1, 0.15) is 40.6 Å². The highest BCUT2D eigenvalue weighted by atomic mass is 19.1. The van der Waals surface area contributed by atoms with E-state index in [2.05, 4.69) is 4.98 Å². The molecule has 0 spiro atoms. The van der Waals surface area contributed by atoms with Gasteiger partial charge in [-0.05, 0) is 36.6 Å². The summed E-state index contributed by atoms with van der Waals surface area (Å²) in [6.07, 6.45) is 2.42. The number of hydrogen-bond acceptors (Lipinski definition) is 3. The smallest absolute Gasteiger partial charge is 0.255 e. The number of rotatable bonds is 5. The normalized spacial score (nSPS) is 15.0. The Bertz CT molecular complexity index is 744. The van der Waals surface area contributed by atoms with Crippen molar-refractivity contribution < 1.29 is 14.3 Å². The van der Waals surface area contributed by atoms with Crippen LogP contribution in [0.15, 0.2) is 36.5 Å². The van der Waals surface area contributed by atoms with Crippen molar-refractivity contribution in [3.63, 3.8) is 0 Å². The van der Waals surface area contributed by atoms with Crippen molar-refractivity contribution >= 4 is 5.91 Å². The summed E-state index contributed by atoms with van der Waals surface area (Å²) in [5.41, 5.74) is 1.29. The minimum absolute atomic E-state index is 0.109. The molecule has 6 heteroatoms. The molecule has 1 aliphatic rings. The molecule has 1 aromatic heterocycles. The second-order valence-corrected chi connectivity index (χ2v) is 5.67. The number of halogens is 1. The zero-order chi connectivity index (χ0) is 16.4. The van der Waals surface area contributed by atoms with Gasteiger partial charge in [-0.1, -0.05) is 12.1 Å². The molecule has 23 heavy (non-hydrogen) atoms. The molecule has 0 bridgehead atoms. The number of hydrogen-bond donors (Lipinski definition) is 2. The molecule has 1 atom stereocenters. The molecule has 1 fully saturated rings. The van der Waals surface area contributed by atoms with Crippen LogP contribution in [0.25, 0.3) is 0 Å². The predicted molar refractivity (Wildman–Crippen MR) is 80.9 cm³/mol. The van der Waals surface area contributed by atoms with Crippen molar-refractivity contribution in [1.29, 1.82) is 5.26 Å². The predicted octanol–water partition coefficient (Wildman–Crippen LogP) is 2.36. The number of benzene rings is 1. The van der Waals surface area contributed by atoms with Gasteiger partial charge in [-0.25, -0.2) is 4.39 Å². The Morgan fingerprint density at radius 2 is 2.13 bits per heavy atom. The Labute approximate surface area is 133 Å². The number of carbonyl (C=O) groups is 1. The molecule has 1 aromatic carbocycles. The first kappa shape index (κ1) is 15.3. The molecular formula is C17H16FN3O2. The molecular weight excluding hydrogens is 297 g/mol. The van der Waals surface area contributed by atoms with Crippen molar-refractivity contribution in [2.75, 3.05) is 6.54 Å². The highest BCUT2D eigenvalue weighted by Gasteiger charge is 2.34. The lowest BCUT2D eigenvalue weighted by atomic mass is 10.1. The van der Waals surface area contributed by atoms with E-state index in [0.29, 0.717) is 16.8 Å². The van der Waals surface area contributed by atoms with E-state index < -0.39 is 6.10 Å². The molecule has 2 aromatic rings. The van der Waals surface area contributed by atoms with Crippen LogP contribution >= 0.6 is 0 Å². The summed E-state index contributed by atoms with van der Waals surface area (Å²) in [6.45, 7) is 0.141. The van der Waals surface area contributed by atoms with Crippen LogP contribution in [0.3, 0.4) is 0 Å². The fraction of sp³-hybridized carbons (Fsp3) is 0.294. The highest BCUT2D eigenvalue weighted by Crippen LogP contribution is 2.30. The summed E-state index contributed by atoms with van der Waals surface area (Å²) in [7, 11) is 0. The molecule has 1 heterocycles. The second kappa shape index (κ2) is 6.23. The molecule has 2 N–H and O–H groups in total. The zero-order valence-corrected chi connectivity index (χ0v) is 12.4. The van der Waals surface area contributed by atoms with Gasteiger partial charge in [0.2, 0.25) is 0 Å². The summed E-state index contributed by atoms with van der Waals surface area (Å²) >= 11 is 0. The van der Waals surface area contributed by atoms with Crippen LogP contribution in [0.5, 0.6) is 0 Å². The monoisotopic (exact) mass is 313 g/mol. The average Bonchev–Trinajstić information content (AvgIpc) is 3.28. The van der Waals surface area contributed by atoms with E-state index in [1.54, 1.807) is 4.90 Å². The van der Waals surface area contributed by atoms with E-state index in [9.17, 15) is 14.3 Å². The number of aromatic amines is 1. The number of nitriles is 1. The average molecular weight is 313 g/mol. The molecule has 1 aliphatic carbocycles. The van der Waals surface area contributed by atoms with Crippen molar-refractivity contribution in [3.8, 4) is 6.07 Å². The molecule has 3 rings (SSSR count). The van der Waals surface area contributed by atoms with E-state index in [-0.39, 0.29) is 24.3 Å². The summed E-state index contributed by atoms with van der Waals surface area (Å²) in [5, 5.41) is 19.2. The van der Waals surface area contributed by atoms with Crippen molar-refractivity contribution in [2.45, 2.75) is 25.0 Å². The van der Waals surface area contributed by atoms with Crippen LogP contribution in [0.2, 0.25) is 0 Å². The number of nitrogens with zero attached hydrogens (tertiary/aromatic N) is 2. The lowest BCUT2D eigenvalue weighted by Gasteiger charge is -2.25. The minimum atomic E-state index is -0.880. The zero-order valence-electron chi connectivity index (χ0n) is 12.4. The number of aliphatic hydroxyl groups is 1. The molecule has 118 valence electrons. The van der Waals surface area contributed by atoms with Crippen LogP contribution in [-0.4, -0.2) is 33.5 Å². The van der Waals surface area contributed by atoms with Gasteiger partial charge in [0.15, 0.2) is 0 Å². The maximum atomic E-state index is 13.0. The standard InChI is InChI=1S/C17H16FN3O2/c18-13-3-1-11(2-4-13)16(22)10-21(15-5-6-15)17(23)12-7-14(8-19)20-9-12/h1-4,7,9,15-16,20,22H,5-6,10H2. The number of amides is 1. The Hall–Kier alpha value is -2.65. The van der Waals surface area contributed by atoms with E-state index in [1.807, 2.05) is 6.07 Å². The van der Waals surface area contributed by atoms with Gasteiger partial charge in [0, 0.05) is 12.2 Å². The summed E-state index contributed by atoms with van der Waals surface area (Å²) < 4.78 is 13.0. The van der Waals surface area contributed by atoms with Gasteiger partial charge in [-0.2, -0.15) is 5.26 Å². The highest BCUT2D eigenvalue weighted by molar-refractivity contribution is 5.94.